The molecule has 1 amide bonds. The van der Waals surface area contributed by atoms with E-state index >= 15 is 0 Å². The molecule has 0 aliphatic carbocycles. The first-order valence-corrected chi connectivity index (χ1v) is 8.68. The number of benzene rings is 1. The summed E-state index contributed by atoms with van der Waals surface area (Å²) in [6, 6.07) is 10.6. The van der Waals surface area contributed by atoms with Gasteiger partial charge in [-0.2, -0.15) is 4.99 Å². The summed E-state index contributed by atoms with van der Waals surface area (Å²) in [6.45, 7) is 4.32. The molecule has 0 radical (unpaired) electrons. The first-order chi connectivity index (χ1) is 10.8. The van der Waals surface area contributed by atoms with Crippen molar-refractivity contribution in [2.45, 2.75) is 18.9 Å². The maximum atomic E-state index is 12.1. The third-order valence-corrected chi connectivity index (χ3v) is 5.61. The van der Waals surface area contributed by atoms with E-state index in [2.05, 4.69) is 14.8 Å². The van der Waals surface area contributed by atoms with Crippen LogP contribution in [0, 0.1) is 0 Å². The van der Waals surface area contributed by atoms with Crippen LogP contribution in [0.4, 0.5) is 0 Å². The molecule has 0 spiro atoms. The molecule has 22 heavy (non-hydrogen) atoms. The van der Waals surface area contributed by atoms with Gasteiger partial charge in [-0.05, 0) is 42.8 Å². The first kappa shape index (κ1) is 14.0. The van der Waals surface area contributed by atoms with Gasteiger partial charge in [-0.15, -0.1) is 0 Å². The zero-order valence-electron chi connectivity index (χ0n) is 12.4. The van der Waals surface area contributed by atoms with Crippen molar-refractivity contribution in [3.8, 4) is 0 Å². The van der Waals surface area contributed by atoms with Gasteiger partial charge in [-0.1, -0.05) is 30.3 Å². The van der Waals surface area contributed by atoms with Crippen LogP contribution >= 0.6 is 11.8 Å². The maximum Gasteiger partial charge on any atom is 0.286 e. The summed E-state index contributed by atoms with van der Waals surface area (Å²) in [5.41, 5.74) is 1.05. The molecule has 3 aliphatic rings. The van der Waals surface area contributed by atoms with Crippen LogP contribution in [0.2, 0.25) is 0 Å². The molecule has 3 aliphatic heterocycles. The van der Waals surface area contributed by atoms with Gasteiger partial charge in [0, 0.05) is 25.7 Å². The quantitative estimate of drug-likeness (QED) is 0.746. The number of rotatable bonds is 1. The molecule has 4 nitrogen and oxygen atoms in total. The van der Waals surface area contributed by atoms with E-state index in [1.807, 2.05) is 36.4 Å². The van der Waals surface area contributed by atoms with E-state index in [4.69, 9.17) is 0 Å². The van der Waals surface area contributed by atoms with E-state index in [0.29, 0.717) is 6.04 Å². The Morgan fingerprint density at radius 3 is 2.91 bits per heavy atom. The van der Waals surface area contributed by atoms with Gasteiger partial charge in [0.15, 0.2) is 5.17 Å². The number of piperazine rings is 1. The van der Waals surface area contributed by atoms with Crippen LogP contribution in [0.15, 0.2) is 40.2 Å². The lowest BCUT2D eigenvalue weighted by Crippen LogP contribution is -2.51. The molecule has 1 aromatic rings. The molecule has 4 rings (SSSR count). The minimum Gasteiger partial charge on any atom is -0.348 e. The molecule has 5 heteroatoms. The highest BCUT2D eigenvalue weighted by Crippen LogP contribution is 2.32. The number of amides is 1. The predicted molar refractivity (Wildman–Crippen MR) is 90.6 cm³/mol. The Kier molecular flexibility index (Phi) is 3.76. The smallest absolute Gasteiger partial charge is 0.286 e. The second kappa shape index (κ2) is 5.89. The number of amidine groups is 1. The molecule has 2 fully saturated rings. The van der Waals surface area contributed by atoms with Gasteiger partial charge < -0.3 is 4.90 Å². The number of nitrogens with zero attached hydrogens (tertiary/aromatic N) is 3. The molecule has 0 bridgehead atoms. The van der Waals surface area contributed by atoms with Crippen LogP contribution in [0.25, 0.3) is 6.08 Å². The average Bonchev–Trinajstić information content (AvgIpc) is 3.15. The molecule has 1 aromatic carbocycles. The van der Waals surface area contributed by atoms with E-state index in [0.717, 1.165) is 35.3 Å². The molecular formula is C17H19N3OS. The molecule has 2 saturated heterocycles. The molecule has 0 aromatic heterocycles. The normalized spacial score (nSPS) is 27.4. The second-order valence-corrected chi connectivity index (χ2v) is 7.01. The fourth-order valence-corrected chi connectivity index (χ4v) is 4.35. The van der Waals surface area contributed by atoms with E-state index in [9.17, 15) is 4.79 Å². The SMILES string of the molecule is O=C1N=C(N2CCN3CCC[C@@H]3C2)S/C1=C/c1ccccc1. The predicted octanol–water partition coefficient (Wildman–Crippen LogP) is 2.44. The van der Waals surface area contributed by atoms with E-state index in [1.54, 1.807) is 0 Å². The van der Waals surface area contributed by atoms with Gasteiger partial charge in [0.1, 0.15) is 0 Å². The Labute approximate surface area is 134 Å². The molecule has 0 saturated carbocycles. The molecule has 114 valence electrons. The van der Waals surface area contributed by atoms with Crippen molar-refractivity contribution in [3.63, 3.8) is 0 Å². The van der Waals surface area contributed by atoms with Crippen molar-refractivity contribution in [2.75, 3.05) is 26.2 Å². The fraction of sp³-hybridized carbons (Fsp3) is 0.412. The largest absolute Gasteiger partial charge is 0.348 e. The summed E-state index contributed by atoms with van der Waals surface area (Å²) in [7, 11) is 0. The van der Waals surface area contributed by atoms with Crippen LogP contribution in [0.5, 0.6) is 0 Å². The number of hydrogen-bond acceptors (Lipinski definition) is 4. The molecular weight excluding hydrogens is 294 g/mol. The van der Waals surface area contributed by atoms with Crippen molar-refractivity contribution >= 4 is 28.9 Å². The Hall–Kier alpha value is -1.59. The third-order valence-electron chi connectivity index (χ3n) is 4.56. The number of thioether (sulfide) groups is 1. The zero-order chi connectivity index (χ0) is 14.9. The van der Waals surface area contributed by atoms with Crippen LogP contribution in [-0.2, 0) is 4.79 Å². The van der Waals surface area contributed by atoms with Crippen LogP contribution in [0.1, 0.15) is 18.4 Å². The van der Waals surface area contributed by atoms with Crippen molar-refractivity contribution in [3.05, 3.63) is 40.8 Å². The van der Waals surface area contributed by atoms with Crippen LogP contribution in [-0.4, -0.2) is 53.1 Å². The summed E-state index contributed by atoms with van der Waals surface area (Å²) in [4.78, 5) is 22.0. The Balaban J connectivity index is 1.47. The summed E-state index contributed by atoms with van der Waals surface area (Å²) >= 11 is 1.52. The highest BCUT2D eigenvalue weighted by molar-refractivity contribution is 8.18. The third kappa shape index (κ3) is 2.71. The van der Waals surface area contributed by atoms with Gasteiger partial charge in [0.25, 0.3) is 5.91 Å². The van der Waals surface area contributed by atoms with E-state index in [1.165, 1.54) is 31.1 Å². The Morgan fingerprint density at radius 1 is 1.18 bits per heavy atom. The zero-order valence-corrected chi connectivity index (χ0v) is 13.3. The Morgan fingerprint density at radius 2 is 2.05 bits per heavy atom. The van der Waals surface area contributed by atoms with Crippen molar-refractivity contribution < 1.29 is 4.79 Å². The molecule has 3 heterocycles. The second-order valence-electron chi connectivity index (χ2n) is 6.00. The van der Waals surface area contributed by atoms with Gasteiger partial charge in [-0.25, -0.2) is 0 Å². The topological polar surface area (TPSA) is 35.9 Å². The average molecular weight is 313 g/mol. The van der Waals surface area contributed by atoms with Crippen molar-refractivity contribution in [1.82, 2.24) is 9.80 Å². The van der Waals surface area contributed by atoms with Gasteiger partial charge in [-0.3, -0.25) is 9.69 Å². The fourth-order valence-electron chi connectivity index (χ4n) is 3.40. The minimum atomic E-state index is -0.0993. The summed E-state index contributed by atoms with van der Waals surface area (Å²) in [5, 5.41) is 0.888. The number of carbonyl (C=O) groups is 1. The summed E-state index contributed by atoms with van der Waals surface area (Å²) in [5.74, 6) is -0.0993. The van der Waals surface area contributed by atoms with Crippen LogP contribution in [0.3, 0.4) is 0 Å². The van der Waals surface area contributed by atoms with Crippen molar-refractivity contribution in [1.29, 1.82) is 0 Å². The van der Waals surface area contributed by atoms with Gasteiger partial charge >= 0.3 is 0 Å². The molecule has 0 N–H and O–H groups in total. The minimum absolute atomic E-state index is 0.0993. The number of carbonyl (C=O) groups excluding carboxylic acids is 1. The lowest BCUT2D eigenvalue weighted by atomic mass is 10.2. The van der Waals surface area contributed by atoms with E-state index < -0.39 is 0 Å². The molecule has 1 atom stereocenters. The summed E-state index contributed by atoms with van der Waals surface area (Å²) < 4.78 is 0. The number of aliphatic imine (C=N–C) groups is 1. The summed E-state index contributed by atoms with van der Waals surface area (Å²) in [6.07, 6.45) is 4.51. The lowest BCUT2D eigenvalue weighted by Gasteiger charge is -2.38. The van der Waals surface area contributed by atoms with Crippen molar-refractivity contribution in [2.24, 2.45) is 4.99 Å². The Bertz CT molecular complexity index is 641. The van der Waals surface area contributed by atoms with E-state index in [-0.39, 0.29) is 5.91 Å². The van der Waals surface area contributed by atoms with Gasteiger partial charge in [0.2, 0.25) is 0 Å². The standard InChI is InChI=1S/C17H19N3OS/c21-16-15(11-13-5-2-1-3-6-13)22-17(18-16)20-10-9-19-8-4-7-14(19)12-20/h1-3,5-6,11,14H,4,7-10,12H2/b15-11+/t14-/m1/s1. The lowest BCUT2D eigenvalue weighted by molar-refractivity contribution is -0.113. The number of fused-ring (bicyclic) bond motifs is 1. The maximum absolute atomic E-state index is 12.1. The van der Waals surface area contributed by atoms with Gasteiger partial charge in [0.05, 0.1) is 4.91 Å². The highest BCUT2D eigenvalue weighted by Gasteiger charge is 2.34. The monoisotopic (exact) mass is 313 g/mol. The first-order valence-electron chi connectivity index (χ1n) is 7.86. The molecule has 0 unspecified atom stereocenters. The van der Waals surface area contributed by atoms with Crippen LogP contribution < -0.4 is 0 Å². The number of hydrogen-bond donors (Lipinski definition) is 0. The highest BCUT2D eigenvalue weighted by atomic mass is 32.2.